The van der Waals surface area contributed by atoms with Crippen LogP contribution in [-0.4, -0.2) is 25.4 Å². The Kier molecular flexibility index (Phi) is 4.00. The van der Waals surface area contributed by atoms with Crippen LogP contribution in [-0.2, 0) is 14.8 Å². The fourth-order valence-corrected chi connectivity index (χ4v) is 2.61. The summed E-state index contributed by atoms with van der Waals surface area (Å²) >= 11 is 3.10. The number of halogens is 1. The molecule has 1 rings (SSSR count). The number of hydrogen-bond donors (Lipinski definition) is 2. The summed E-state index contributed by atoms with van der Waals surface area (Å²) in [6, 6.07) is 0.409. The van der Waals surface area contributed by atoms with E-state index in [0.29, 0.717) is 4.47 Å². The maximum Gasteiger partial charge on any atom is 0.242 e. The Balaban J connectivity index is 2.99. The van der Waals surface area contributed by atoms with Gasteiger partial charge in [-0.3, -0.25) is 9.78 Å². The Labute approximate surface area is 101 Å². The van der Waals surface area contributed by atoms with Gasteiger partial charge in [-0.2, -0.15) is 4.72 Å². The molecule has 0 aliphatic rings. The van der Waals surface area contributed by atoms with Crippen LogP contribution in [0, 0.1) is 0 Å². The average molecular weight is 308 g/mol. The molecule has 1 atom stereocenters. The molecule has 0 aromatic carbocycles. The zero-order valence-electron chi connectivity index (χ0n) is 8.34. The topological polar surface area (TPSA) is 102 Å². The molecular formula is C8H10BrN3O3S. The Hall–Kier alpha value is -0.990. The number of carbonyl (C=O) groups is 1. The van der Waals surface area contributed by atoms with Crippen LogP contribution in [0.15, 0.2) is 27.8 Å². The van der Waals surface area contributed by atoms with Crippen molar-refractivity contribution >= 4 is 31.9 Å². The number of nitrogens with two attached hydrogens (primary N) is 1. The third kappa shape index (κ3) is 3.26. The third-order valence-corrected chi connectivity index (χ3v) is 3.69. The zero-order chi connectivity index (χ0) is 12.3. The lowest BCUT2D eigenvalue weighted by Crippen LogP contribution is -2.42. The van der Waals surface area contributed by atoms with Crippen molar-refractivity contribution in [3.63, 3.8) is 0 Å². The lowest BCUT2D eigenvalue weighted by molar-refractivity contribution is -0.119. The summed E-state index contributed by atoms with van der Waals surface area (Å²) < 4.78 is 26.1. The van der Waals surface area contributed by atoms with Crippen molar-refractivity contribution in [1.29, 1.82) is 0 Å². The van der Waals surface area contributed by atoms with Gasteiger partial charge >= 0.3 is 0 Å². The summed E-state index contributed by atoms with van der Waals surface area (Å²) in [7, 11) is -3.77. The van der Waals surface area contributed by atoms with Crippen LogP contribution in [0.1, 0.15) is 6.92 Å². The Morgan fingerprint density at radius 3 is 2.69 bits per heavy atom. The average Bonchev–Trinajstić information content (AvgIpc) is 2.17. The molecule has 0 saturated carbocycles. The molecule has 0 aliphatic heterocycles. The third-order valence-electron chi connectivity index (χ3n) is 1.75. The second kappa shape index (κ2) is 4.89. The summed E-state index contributed by atoms with van der Waals surface area (Å²) in [6.07, 6.45) is 2.64. The van der Waals surface area contributed by atoms with E-state index in [0.717, 1.165) is 0 Å². The van der Waals surface area contributed by atoms with Gasteiger partial charge in [-0.25, -0.2) is 8.42 Å². The van der Waals surface area contributed by atoms with E-state index in [4.69, 9.17) is 5.73 Å². The van der Waals surface area contributed by atoms with Crippen molar-refractivity contribution < 1.29 is 13.2 Å². The molecule has 88 valence electrons. The van der Waals surface area contributed by atoms with Crippen LogP contribution < -0.4 is 10.5 Å². The molecule has 1 amide bonds. The van der Waals surface area contributed by atoms with Gasteiger partial charge < -0.3 is 5.73 Å². The van der Waals surface area contributed by atoms with Crippen molar-refractivity contribution in [3.8, 4) is 0 Å². The minimum Gasteiger partial charge on any atom is -0.368 e. The monoisotopic (exact) mass is 307 g/mol. The highest BCUT2D eigenvalue weighted by Gasteiger charge is 2.20. The Morgan fingerprint density at radius 1 is 1.56 bits per heavy atom. The number of pyridine rings is 1. The second-order valence-electron chi connectivity index (χ2n) is 3.08. The molecule has 1 unspecified atom stereocenters. The molecule has 6 nitrogen and oxygen atoms in total. The van der Waals surface area contributed by atoms with Crippen molar-refractivity contribution in [2.24, 2.45) is 5.73 Å². The fraction of sp³-hybridized carbons (Fsp3) is 0.250. The number of primary amides is 1. The first-order chi connectivity index (χ1) is 7.33. The number of nitrogens with one attached hydrogen (secondary N) is 1. The molecular weight excluding hydrogens is 298 g/mol. The minimum atomic E-state index is -3.77. The highest BCUT2D eigenvalue weighted by molar-refractivity contribution is 9.10. The van der Waals surface area contributed by atoms with E-state index in [1.54, 1.807) is 0 Å². The van der Waals surface area contributed by atoms with Gasteiger partial charge in [0.15, 0.2) is 0 Å². The first kappa shape index (κ1) is 13.1. The number of nitrogens with zero attached hydrogens (tertiary/aromatic N) is 1. The fourth-order valence-electron chi connectivity index (χ4n) is 0.898. The van der Waals surface area contributed by atoms with E-state index in [2.05, 4.69) is 25.6 Å². The molecule has 0 fully saturated rings. The van der Waals surface area contributed by atoms with Crippen molar-refractivity contribution in [2.45, 2.75) is 17.9 Å². The van der Waals surface area contributed by atoms with Crippen molar-refractivity contribution in [2.75, 3.05) is 0 Å². The zero-order valence-corrected chi connectivity index (χ0v) is 10.7. The van der Waals surface area contributed by atoms with Crippen molar-refractivity contribution in [1.82, 2.24) is 9.71 Å². The lowest BCUT2D eigenvalue weighted by atomic mass is 10.4. The van der Waals surface area contributed by atoms with Crippen LogP contribution in [0.4, 0.5) is 0 Å². The summed E-state index contributed by atoms with van der Waals surface area (Å²) in [5.74, 6) is -0.744. The standard InChI is InChI=1S/C8H10BrN3O3S/c1-5(8(10)13)12-16(14,15)7-2-6(9)3-11-4-7/h2-5,12H,1H3,(H2,10,13). The van der Waals surface area contributed by atoms with Crippen LogP contribution in [0.5, 0.6) is 0 Å². The van der Waals surface area contributed by atoms with Gasteiger partial charge in [-0.05, 0) is 28.9 Å². The maximum atomic E-state index is 11.7. The molecule has 16 heavy (non-hydrogen) atoms. The molecule has 1 heterocycles. The van der Waals surface area contributed by atoms with Gasteiger partial charge in [0.25, 0.3) is 0 Å². The normalized spacial score (nSPS) is 13.4. The van der Waals surface area contributed by atoms with E-state index in [1.807, 2.05) is 0 Å². The number of carbonyl (C=O) groups excluding carboxylic acids is 1. The van der Waals surface area contributed by atoms with E-state index < -0.39 is 22.0 Å². The Bertz CT molecular complexity index is 503. The maximum absolute atomic E-state index is 11.7. The first-order valence-corrected chi connectivity index (χ1v) is 6.53. The van der Waals surface area contributed by atoms with Crippen LogP contribution >= 0.6 is 15.9 Å². The number of rotatable bonds is 4. The number of hydrogen-bond acceptors (Lipinski definition) is 4. The predicted octanol–water partition coefficient (Wildman–Crippen LogP) is -0.00380. The first-order valence-electron chi connectivity index (χ1n) is 4.25. The van der Waals surface area contributed by atoms with Crippen molar-refractivity contribution in [3.05, 3.63) is 22.9 Å². The van der Waals surface area contributed by atoms with Crippen LogP contribution in [0.2, 0.25) is 0 Å². The summed E-state index contributed by atoms with van der Waals surface area (Å²) in [6.45, 7) is 1.37. The molecule has 1 aromatic rings. The molecule has 0 aliphatic carbocycles. The van der Waals surface area contributed by atoms with Crippen LogP contribution in [0.3, 0.4) is 0 Å². The molecule has 0 bridgehead atoms. The lowest BCUT2D eigenvalue weighted by Gasteiger charge is -2.10. The summed E-state index contributed by atoms with van der Waals surface area (Å²) in [4.78, 5) is 14.4. The molecule has 0 saturated heterocycles. The van der Waals surface area contributed by atoms with E-state index in [1.165, 1.54) is 25.4 Å². The smallest absolute Gasteiger partial charge is 0.242 e. The van der Waals surface area contributed by atoms with Gasteiger partial charge in [0.1, 0.15) is 4.90 Å². The van der Waals surface area contributed by atoms with Crippen LogP contribution in [0.25, 0.3) is 0 Å². The number of amides is 1. The molecule has 0 radical (unpaired) electrons. The summed E-state index contributed by atoms with van der Waals surface area (Å²) in [5, 5.41) is 0. The second-order valence-corrected chi connectivity index (χ2v) is 5.71. The van der Waals surface area contributed by atoms with Gasteiger partial charge in [-0.15, -0.1) is 0 Å². The quantitative estimate of drug-likeness (QED) is 0.817. The molecule has 3 N–H and O–H groups in total. The van der Waals surface area contributed by atoms with E-state index in [9.17, 15) is 13.2 Å². The predicted molar refractivity (Wildman–Crippen MR) is 60.9 cm³/mol. The van der Waals surface area contributed by atoms with E-state index in [-0.39, 0.29) is 4.90 Å². The number of aromatic nitrogens is 1. The highest BCUT2D eigenvalue weighted by Crippen LogP contribution is 2.14. The minimum absolute atomic E-state index is 0.0324. The van der Waals surface area contributed by atoms with Gasteiger partial charge in [-0.1, -0.05) is 0 Å². The SMILES string of the molecule is CC(NS(=O)(=O)c1cncc(Br)c1)C(N)=O. The largest absolute Gasteiger partial charge is 0.368 e. The number of sulfonamides is 1. The van der Waals surface area contributed by atoms with Gasteiger partial charge in [0.05, 0.1) is 6.04 Å². The highest BCUT2D eigenvalue weighted by atomic mass is 79.9. The molecule has 8 heteroatoms. The Morgan fingerprint density at radius 2 is 2.19 bits per heavy atom. The molecule has 0 spiro atoms. The molecule has 1 aromatic heterocycles. The van der Waals surface area contributed by atoms with Gasteiger partial charge in [0, 0.05) is 16.9 Å². The summed E-state index contributed by atoms with van der Waals surface area (Å²) in [5.41, 5.74) is 4.96. The van der Waals surface area contributed by atoms with E-state index >= 15 is 0 Å². The van der Waals surface area contributed by atoms with Gasteiger partial charge in [0.2, 0.25) is 15.9 Å².